The molecule has 2 rings (SSSR count). The first kappa shape index (κ1) is 13.4. The monoisotopic (exact) mass is 287 g/mol. The van der Waals surface area contributed by atoms with E-state index < -0.39 is 15.4 Å². The average Bonchev–Trinajstić information content (AvgIpc) is 2.63. The Balaban J connectivity index is 2.22. The summed E-state index contributed by atoms with van der Waals surface area (Å²) in [4.78, 5) is 5.08. The van der Waals surface area contributed by atoms with E-state index in [1.165, 1.54) is 0 Å². The molecule has 0 atom stereocenters. The predicted octanol–water partition coefficient (Wildman–Crippen LogP) is 2.77. The molecule has 4 nitrogen and oxygen atoms in total. The zero-order chi connectivity index (χ0) is 13.4. The zero-order valence-corrected chi connectivity index (χ0v) is 11.8. The van der Waals surface area contributed by atoms with Crippen molar-refractivity contribution in [2.75, 3.05) is 0 Å². The molecule has 1 aromatic carbocycles. The van der Waals surface area contributed by atoms with Gasteiger partial charge >= 0.3 is 0 Å². The number of nitrogens with zero attached hydrogens (tertiary/aromatic N) is 1. The minimum Gasteiger partial charge on any atom is -0.389 e. The Hall–Kier alpha value is -1.07. The van der Waals surface area contributed by atoms with Gasteiger partial charge in [0.2, 0.25) is 0 Å². The third-order valence-electron chi connectivity index (χ3n) is 2.63. The maximum absolute atomic E-state index is 12.2. The third kappa shape index (κ3) is 2.84. The van der Waals surface area contributed by atoms with Gasteiger partial charge < -0.3 is 4.84 Å². The van der Waals surface area contributed by atoms with Gasteiger partial charge in [0.25, 0.3) is 0 Å². The molecule has 1 heterocycles. The molecule has 0 saturated heterocycles. The maximum Gasteiger partial charge on any atom is 0.199 e. The van der Waals surface area contributed by atoms with Crippen molar-refractivity contribution in [3.05, 3.63) is 34.9 Å². The number of halogens is 1. The quantitative estimate of drug-likeness (QED) is 0.840. The van der Waals surface area contributed by atoms with Crippen LogP contribution in [-0.4, -0.2) is 19.1 Å². The van der Waals surface area contributed by atoms with Crippen LogP contribution in [0.3, 0.4) is 0 Å². The van der Waals surface area contributed by atoms with E-state index in [9.17, 15) is 8.42 Å². The highest BCUT2D eigenvalue weighted by Crippen LogP contribution is 2.27. The van der Waals surface area contributed by atoms with Crippen molar-refractivity contribution in [3.63, 3.8) is 0 Å². The van der Waals surface area contributed by atoms with E-state index in [-0.39, 0.29) is 10.8 Å². The molecule has 0 bridgehead atoms. The second-order valence-electron chi connectivity index (χ2n) is 4.86. The Morgan fingerprint density at radius 2 is 2.06 bits per heavy atom. The molecule has 0 fully saturated rings. The summed E-state index contributed by atoms with van der Waals surface area (Å²) in [6, 6.07) is 6.89. The van der Waals surface area contributed by atoms with Gasteiger partial charge in [0.05, 0.1) is 5.75 Å². The third-order valence-corrected chi connectivity index (χ3v) is 4.63. The summed E-state index contributed by atoms with van der Waals surface area (Å²) in [5.41, 5.74) is 0.0228. The SMILES string of the molecule is CC1(C)CC(S(=O)(=O)Cc2ccccc2Cl)=NO1. The Morgan fingerprint density at radius 3 is 2.61 bits per heavy atom. The van der Waals surface area contributed by atoms with Crippen molar-refractivity contribution < 1.29 is 13.3 Å². The molecule has 1 aliphatic heterocycles. The lowest BCUT2D eigenvalue weighted by molar-refractivity contribution is 0.0123. The molecule has 0 spiro atoms. The summed E-state index contributed by atoms with van der Waals surface area (Å²) in [7, 11) is -3.47. The topological polar surface area (TPSA) is 55.7 Å². The lowest BCUT2D eigenvalue weighted by Gasteiger charge is -2.13. The molecule has 0 N–H and O–H groups in total. The van der Waals surface area contributed by atoms with Crippen LogP contribution in [0.4, 0.5) is 0 Å². The van der Waals surface area contributed by atoms with Crippen LogP contribution in [0.1, 0.15) is 25.8 Å². The molecule has 0 amide bonds. The molecule has 0 aliphatic carbocycles. The molecule has 1 aromatic rings. The Morgan fingerprint density at radius 1 is 1.39 bits per heavy atom. The predicted molar refractivity (Wildman–Crippen MR) is 71.3 cm³/mol. The van der Waals surface area contributed by atoms with E-state index >= 15 is 0 Å². The van der Waals surface area contributed by atoms with Crippen LogP contribution in [0.15, 0.2) is 29.4 Å². The summed E-state index contributed by atoms with van der Waals surface area (Å²) >= 11 is 5.96. The molecule has 0 radical (unpaired) electrons. The van der Waals surface area contributed by atoms with Gasteiger partial charge in [-0.05, 0) is 25.5 Å². The summed E-state index contributed by atoms with van der Waals surface area (Å²) in [6.07, 6.45) is 0.291. The van der Waals surface area contributed by atoms with Gasteiger partial charge in [0.15, 0.2) is 14.9 Å². The van der Waals surface area contributed by atoms with Crippen molar-refractivity contribution in [1.82, 2.24) is 0 Å². The van der Waals surface area contributed by atoms with Crippen molar-refractivity contribution in [3.8, 4) is 0 Å². The van der Waals surface area contributed by atoms with Crippen LogP contribution in [0.2, 0.25) is 5.02 Å². The number of oxime groups is 1. The number of sulfone groups is 1. The van der Waals surface area contributed by atoms with Gasteiger partial charge in [-0.3, -0.25) is 0 Å². The zero-order valence-electron chi connectivity index (χ0n) is 10.2. The fourth-order valence-corrected chi connectivity index (χ4v) is 3.50. The number of hydrogen-bond acceptors (Lipinski definition) is 4. The molecular weight excluding hydrogens is 274 g/mol. The van der Waals surface area contributed by atoms with E-state index in [1.54, 1.807) is 38.1 Å². The van der Waals surface area contributed by atoms with Gasteiger partial charge in [0.1, 0.15) is 5.60 Å². The lowest BCUT2D eigenvalue weighted by atomic mass is 10.1. The first-order valence-electron chi connectivity index (χ1n) is 5.51. The molecular formula is C12H14ClNO3S. The Kier molecular flexibility index (Phi) is 3.38. The molecule has 1 aliphatic rings. The van der Waals surface area contributed by atoms with Gasteiger partial charge in [-0.2, -0.15) is 0 Å². The Labute approximate surface area is 112 Å². The van der Waals surface area contributed by atoms with E-state index in [4.69, 9.17) is 16.4 Å². The van der Waals surface area contributed by atoms with E-state index in [0.717, 1.165) is 0 Å². The van der Waals surface area contributed by atoms with Crippen LogP contribution in [0, 0.1) is 0 Å². The first-order chi connectivity index (χ1) is 8.30. The normalized spacial score (nSPS) is 18.3. The first-order valence-corrected chi connectivity index (χ1v) is 7.54. The number of benzene rings is 1. The molecule has 98 valence electrons. The fourth-order valence-electron chi connectivity index (χ4n) is 1.67. The van der Waals surface area contributed by atoms with Crippen LogP contribution < -0.4 is 0 Å². The maximum atomic E-state index is 12.2. The second kappa shape index (κ2) is 4.55. The minimum atomic E-state index is -3.47. The highest BCUT2D eigenvalue weighted by molar-refractivity contribution is 8.05. The van der Waals surface area contributed by atoms with Crippen molar-refractivity contribution in [2.24, 2.45) is 5.16 Å². The van der Waals surface area contributed by atoms with Crippen molar-refractivity contribution in [1.29, 1.82) is 0 Å². The van der Waals surface area contributed by atoms with Crippen molar-refractivity contribution >= 4 is 26.5 Å². The molecule has 18 heavy (non-hydrogen) atoms. The minimum absolute atomic E-state index is 0.0902. The lowest BCUT2D eigenvalue weighted by Crippen LogP contribution is -2.23. The number of rotatable bonds is 2. The van der Waals surface area contributed by atoms with Crippen LogP contribution >= 0.6 is 11.6 Å². The fraction of sp³-hybridized carbons (Fsp3) is 0.417. The second-order valence-corrected chi connectivity index (χ2v) is 7.26. The highest BCUT2D eigenvalue weighted by Gasteiger charge is 2.36. The average molecular weight is 288 g/mol. The van der Waals surface area contributed by atoms with E-state index in [1.807, 2.05) is 0 Å². The van der Waals surface area contributed by atoms with Gasteiger partial charge in [-0.1, -0.05) is 35.0 Å². The molecule has 0 aromatic heterocycles. The van der Waals surface area contributed by atoms with E-state index in [0.29, 0.717) is 17.0 Å². The van der Waals surface area contributed by atoms with Crippen LogP contribution in [-0.2, 0) is 20.4 Å². The summed E-state index contributed by atoms with van der Waals surface area (Å²) in [5.74, 6) is -0.148. The standard InChI is InChI=1S/C12H14ClNO3S/c1-12(2)7-11(14-17-12)18(15,16)8-9-5-3-4-6-10(9)13/h3-6H,7-8H2,1-2H3. The van der Waals surface area contributed by atoms with Gasteiger partial charge in [0, 0.05) is 11.4 Å². The largest absolute Gasteiger partial charge is 0.389 e. The number of hydrogen-bond donors (Lipinski definition) is 0. The molecule has 0 unspecified atom stereocenters. The summed E-state index contributed by atoms with van der Waals surface area (Å²) in [5, 5.41) is 4.21. The summed E-state index contributed by atoms with van der Waals surface area (Å²) in [6.45, 7) is 3.60. The molecule has 6 heteroatoms. The van der Waals surface area contributed by atoms with Crippen molar-refractivity contribution in [2.45, 2.75) is 31.6 Å². The van der Waals surface area contributed by atoms with Gasteiger partial charge in [-0.15, -0.1) is 0 Å². The van der Waals surface area contributed by atoms with Gasteiger partial charge in [-0.25, -0.2) is 8.42 Å². The highest BCUT2D eigenvalue weighted by atomic mass is 35.5. The Bertz CT molecular complexity index is 593. The molecule has 0 saturated carbocycles. The van der Waals surface area contributed by atoms with E-state index in [2.05, 4.69) is 5.16 Å². The van der Waals surface area contributed by atoms with Crippen LogP contribution in [0.5, 0.6) is 0 Å². The smallest absolute Gasteiger partial charge is 0.199 e. The summed E-state index contributed by atoms with van der Waals surface area (Å²) < 4.78 is 24.3. The van der Waals surface area contributed by atoms with Crippen LogP contribution in [0.25, 0.3) is 0 Å².